The Hall–Kier alpha value is -1.43. The van der Waals surface area contributed by atoms with Crippen molar-refractivity contribution in [3.05, 3.63) is 45.1 Å². The minimum atomic E-state index is -0.393. The smallest absolute Gasteiger partial charge is 0.220 e. The molecule has 1 heterocycles. The van der Waals surface area contributed by atoms with Crippen LogP contribution in [0.25, 0.3) is 0 Å². The summed E-state index contributed by atoms with van der Waals surface area (Å²) in [5.41, 5.74) is 1.12. The van der Waals surface area contributed by atoms with Gasteiger partial charge in [-0.2, -0.15) is 0 Å². The number of ketones is 1. The number of carbonyl (C=O) groups is 2. The minimum Gasteiger partial charge on any atom is -0.392 e. The highest BCUT2D eigenvalue weighted by Gasteiger charge is 2.61. The molecule has 0 spiro atoms. The largest absolute Gasteiger partial charge is 0.392 e. The first kappa shape index (κ1) is 27.1. The first-order valence-corrected chi connectivity index (χ1v) is 15.3. The van der Waals surface area contributed by atoms with Crippen LogP contribution >= 0.6 is 22.9 Å². The number of allylic oxidation sites excluding steroid dienone is 3. The van der Waals surface area contributed by atoms with E-state index in [-0.39, 0.29) is 46.3 Å². The van der Waals surface area contributed by atoms with Crippen molar-refractivity contribution in [2.75, 3.05) is 0 Å². The average Bonchev–Trinajstić information content (AvgIpc) is 3.41. The number of aliphatic hydroxyl groups is 1. The SMILES string of the molecule is CC(C)C(NC(=O)C[C@@H](C)C1CC[C@H]2C3[C@H](O)CC4=CC(=O)C=CC4(C)[C@H]3CCC12C)c1ccc(Cl)s1. The fourth-order valence-corrected chi connectivity index (χ4v) is 10.2. The summed E-state index contributed by atoms with van der Waals surface area (Å²) >= 11 is 7.72. The number of nitrogens with one attached hydrogen (secondary N) is 1. The molecule has 1 amide bonds. The normalized spacial score (nSPS) is 38.4. The molecule has 5 rings (SSSR count). The lowest BCUT2D eigenvalue weighted by atomic mass is 9.46. The number of hydrogen-bond acceptors (Lipinski definition) is 4. The van der Waals surface area contributed by atoms with E-state index in [0.717, 1.165) is 40.5 Å². The zero-order valence-corrected chi connectivity index (χ0v) is 24.4. The highest BCUT2D eigenvalue weighted by molar-refractivity contribution is 7.16. The molecule has 1 aromatic heterocycles. The lowest BCUT2D eigenvalue weighted by molar-refractivity contribution is -0.125. The topological polar surface area (TPSA) is 66.4 Å². The van der Waals surface area contributed by atoms with Crippen molar-refractivity contribution >= 4 is 34.6 Å². The van der Waals surface area contributed by atoms with Crippen molar-refractivity contribution in [2.24, 2.45) is 46.3 Å². The van der Waals surface area contributed by atoms with E-state index in [1.165, 1.54) is 0 Å². The van der Waals surface area contributed by atoms with Crippen LogP contribution in [0.15, 0.2) is 35.9 Å². The van der Waals surface area contributed by atoms with E-state index in [1.54, 1.807) is 23.5 Å². The number of halogens is 1. The van der Waals surface area contributed by atoms with E-state index >= 15 is 0 Å². The van der Waals surface area contributed by atoms with Crippen molar-refractivity contribution in [3.63, 3.8) is 0 Å². The highest BCUT2D eigenvalue weighted by atomic mass is 35.5. The summed E-state index contributed by atoms with van der Waals surface area (Å²) < 4.78 is 0.750. The molecule has 4 aliphatic carbocycles. The number of hydrogen-bond donors (Lipinski definition) is 2. The predicted molar refractivity (Wildman–Crippen MR) is 150 cm³/mol. The van der Waals surface area contributed by atoms with Crippen LogP contribution < -0.4 is 5.32 Å². The summed E-state index contributed by atoms with van der Waals surface area (Å²) in [6, 6.07) is 3.91. The molecule has 0 aromatic carbocycles. The maximum atomic E-state index is 13.3. The maximum absolute atomic E-state index is 13.3. The molecule has 6 heteroatoms. The number of aliphatic hydroxyl groups excluding tert-OH is 1. The van der Waals surface area contributed by atoms with Gasteiger partial charge in [-0.25, -0.2) is 0 Å². The van der Waals surface area contributed by atoms with Crippen molar-refractivity contribution in [1.82, 2.24) is 5.32 Å². The quantitative estimate of drug-likeness (QED) is 0.401. The second-order valence-corrected chi connectivity index (χ2v) is 14.8. The molecular formula is C31H42ClNO3S. The molecule has 0 aliphatic heterocycles. The van der Waals surface area contributed by atoms with Crippen LogP contribution in [-0.4, -0.2) is 22.9 Å². The Labute approximate surface area is 230 Å². The molecule has 9 atom stereocenters. The Balaban J connectivity index is 1.30. The molecule has 0 bridgehead atoms. The monoisotopic (exact) mass is 543 g/mol. The fraction of sp³-hybridized carbons (Fsp3) is 0.677. The molecule has 3 fully saturated rings. The molecular weight excluding hydrogens is 502 g/mol. The molecule has 37 heavy (non-hydrogen) atoms. The molecule has 4 aliphatic rings. The number of fused-ring (bicyclic) bond motifs is 5. The molecule has 0 radical (unpaired) electrons. The van der Waals surface area contributed by atoms with Gasteiger partial charge in [-0.05, 0) is 97.3 Å². The summed E-state index contributed by atoms with van der Waals surface area (Å²) in [5.74, 6) is 2.28. The van der Waals surface area contributed by atoms with Crippen LogP contribution in [0.1, 0.15) is 84.1 Å². The molecule has 202 valence electrons. The fourth-order valence-electron chi connectivity index (χ4n) is 8.87. The molecule has 0 saturated heterocycles. The van der Waals surface area contributed by atoms with Gasteiger partial charge in [0.05, 0.1) is 16.5 Å². The number of carbonyl (C=O) groups excluding carboxylic acids is 2. The van der Waals surface area contributed by atoms with Gasteiger partial charge in [0.15, 0.2) is 5.78 Å². The van der Waals surface area contributed by atoms with Crippen LogP contribution in [-0.2, 0) is 9.59 Å². The van der Waals surface area contributed by atoms with Crippen LogP contribution in [0.2, 0.25) is 4.34 Å². The van der Waals surface area contributed by atoms with Crippen molar-refractivity contribution < 1.29 is 14.7 Å². The van der Waals surface area contributed by atoms with E-state index in [1.807, 2.05) is 12.1 Å². The van der Waals surface area contributed by atoms with Crippen LogP contribution in [0.5, 0.6) is 0 Å². The third kappa shape index (κ3) is 4.67. The molecule has 5 unspecified atom stereocenters. The summed E-state index contributed by atoms with van der Waals surface area (Å²) in [6.45, 7) is 11.2. The first-order chi connectivity index (χ1) is 17.4. The summed E-state index contributed by atoms with van der Waals surface area (Å²) in [4.78, 5) is 26.4. The van der Waals surface area contributed by atoms with E-state index in [0.29, 0.717) is 30.6 Å². The van der Waals surface area contributed by atoms with Gasteiger partial charge in [-0.3, -0.25) is 9.59 Å². The van der Waals surface area contributed by atoms with Gasteiger partial charge in [0.2, 0.25) is 5.91 Å². The van der Waals surface area contributed by atoms with Crippen molar-refractivity contribution in [3.8, 4) is 0 Å². The Bertz CT molecular complexity index is 1120. The number of rotatable bonds is 6. The van der Waals surface area contributed by atoms with E-state index < -0.39 is 6.10 Å². The summed E-state index contributed by atoms with van der Waals surface area (Å²) in [5, 5.41) is 14.7. The lowest BCUT2D eigenvalue weighted by Gasteiger charge is -2.58. The van der Waals surface area contributed by atoms with Gasteiger partial charge < -0.3 is 10.4 Å². The summed E-state index contributed by atoms with van der Waals surface area (Å²) in [6.07, 6.45) is 10.8. The van der Waals surface area contributed by atoms with Crippen LogP contribution in [0.4, 0.5) is 0 Å². The first-order valence-electron chi connectivity index (χ1n) is 14.1. The Kier molecular flexibility index (Phi) is 7.30. The lowest BCUT2D eigenvalue weighted by Crippen LogP contribution is -2.55. The van der Waals surface area contributed by atoms with E-state index in [4.69, 9.17) is 11.6 Å². The van der Waals surface area contributed by atoms with E-state index in [9.17, 15) is 14.7 Å². The Morgan fingerprint density at radius 2 is 1.95 bits per heavy atom. The number of amides is 1. The van der Waals surface area contributed by atoms with Gasteiger partial charge in [0.1, 0.15) is 0 Å². The third-order valence-electron chi connectivity index (χ3n) is 10.7. The van der Waals surface area contributed by atoms with E-state index in [2.05, 4.69) is 46.0 Å². The van der Waals surface area contributed by atoms with Gasteiger partial charge in [0, 0.05) is 16.7 Å². The zero-order valence-electron chi connectivity index (χ0n) is 22.8. The minimum absolute atomic E-state index is 0.0182. The second-order valence-electron chi connectivity index (χ2n) is 13.1. The summed E-state index contributed by atoms with van der Waals surface area (Å²) in [7, 11) is 0. The predicted octanol–water partition coefficient (Wildman–Crippen LogP) is 7.14. The van der Waals surface area contributed by atoms with Gasteiger partial charge in [-0.15, -0.1) is 11.3 Å². The Morgan fingerprint density at radius 3 is 2.62 bits per heavy atom. The van der Waals surface area contributed by atoms with Crippen LogP contribution in [0.3, 0.4) is 0 Å². The Morgan fingerprint density at radius 1 is 1.19 bits per heavy atom. The van der Waals surface area contributed by atoms with Gasteiger partial charge in [0.25, 0.3) is 0 Å². The average molecular weight is 544 g/mol. The highest BCUT2D eigenvalue weighted by Crippen LogP contribution is 2.67. The molecule has 1 aromatic rings. The zero-order chi connectivity index (χ0) is 26.7. The van der Waals surface area contributed by atoms with Gasteiger partial charge in [-0.1, -0.05) is 57.9 Å². The molecule has 4 nitrogen and oxygen atoms in total. The standard InChI is InChI=1S/C31H42ClNO3S/c1-17(2)29(25-8-9-26(32)37-25)33-27(36)14-18(3)21-6-7-22-28-23(11-13-31(21,22)5)30(4)12-10-20(34)15-19(30)16-24(28)35/h8-10,12,15,17-18,21-24,28-29,35H,6-7,11,13-14,16H2,1-5H3,(H,33,36)/t18-,21?,22+,23+,24-,28?,29?,30?,31?/m1/s1. The maximum Gasteiger partial charge on any atom is 0.220 e. The third-order valence-corrected chi connectivity index (χ3v) is 12.0. The number of thiophene rings is 1. The van der Waals surface area contributed by atoms with Crippen molar-refractivity contribution in [2.45, 2.75) is 85.3 Å². The van der Waals surface area contributed by atoms with Gasteiger partial charge >= 0.3 is 0 Å². The van der Waals surface area contributed by atoms with Crippen LogP contribution in [0, 0.1) is 46.3 Å². The second kappa shape index (κ2) is 9.95. The molecule has 2 N–H and O–H groups in total. The molecule has 3 saturated carbocycles. The van der Waals surface area contributed by atoms with Crippen molar-refractivity contribution in [1.29, 1.82) is 0 Å².